The SMILES string of the molecule is Cc1cccc(NCC(=O)NCc2ccccc2)c1C#N. The highest BCUT2D eigenvalue weighted by Crippen LogP contribution is 2.17. The number of amides is 1. The summed E-state index contributed by atoms with van der Waals surface area (Å²) >= 11 is 0. The molecular formula is C17H17N3O. The Kier molecular flexibility index (Phi) is 4.94. The van der Waals surface area contributed by atoms with Crippen molar-refractivity contribution >= 4 is 11.6 Å². The van der Waals surface area contributed by atoms with Crippen LogP contribution in [0.5, 0.6) is 0 Å². The highest BCUT2D eigenvalue weighted by Gasteiger charge is 2.06. The molecule has 0 heterocycles. The number of nitriles is 1. The fourth-order valence-corrected chi connectivity index (χ4v) is 2.00. The lowest BCUT2D eigenvalue weighted by molar-refractivity contribution is -0.119. The molecule has 1 amide bonds. The molecule has 0 aliphatic rings. The van der Waals surface area contributed by atoms with Crippen LogP contribution in [0.3, 0.4) is 0 Å². The number of carbonyl (C=O) groups is 1. The van der Waals surface area contributed by atoms with E-state index in [4.69, 9.17) is 5.26 Å². The highest BCUT2D eigenvalue weighted by atomic mass is 16.1. The van der Waals surface area contributed by atoms with Gasteiger partial charge in [-0.3, -0.25) is 4.79 Å². The van der Waals surface area contributed by atoms with Crippen LogP contribution in [0.4, 0.5) is 5.69 Å². The van der Waals surface area contributed by atoms with Crippen LogP contribution >= 0.6 is 0 Å². The molecule has 2 aromatic carbocycles. The minimum absolute atomic E-state index is 0.107. The maximum atomic E-state index is 11.8. The van der Waals surface area contributed by atoms with Crippen LogP contribution < -0.4 is 10.6 Å². The number of rotatable bonds is 5. The Morgan fingerprint density at radius 3 is 2.62 bits per heavy atom. The number of hydrogen-bond acceptors (Lipinski definition) is 3. The summed E-state index contributed by atoms with van der Waals surface area (Å²) in [4.78, 5) is 11.8. The monoisotopic (exact) mass is 279 g/mol. The van der Waals surface area contributed by atoms with Gasteiger partial charge in [0.15, 0.2) is 0 Å². The molecule has 0 radical (unpaired) electrons. The Labute approximate surface area is 124 Å². The molecule has 0 spiro atoms. The molecule has 0 atom stereocenters. The highest BCUT2D eigenvalue weighted by molar-refractivity contribution is 5.81. The number of nitrogens with one attached hydrogen (secondary N) is 2. The first-order valence-corrected chi connectivity index (χ1v) is 6.75. The van der Waals surface area contributed by atoms with Crippen molar-refractivity contribution in [1.29, 1.82) is 5.26 Å². The van der Waals surface area contributed by atoms with Crippen molar-refractivity contribution in [3.8, 4) is 6.07 Å². The minimum Gasteiger partial charge on any atom is -0.375 e. The zero-order chi connectivity index (χ0) is 15.1. The first kappa shape index (κ1) is 14.6. The predicted molar refractivity (Wildman–Crippen MR) is 82.7 cm³/mol. The van der Waals surface area contributed by atoms with E-state index in [-0.39, 0.29) is 12.5 Å². The van der Waals surface area contributed by atoms with E-state index < -0.39 is 0 Å². The molecule has 4 nitrogen and oxygen atoms in total. The zero-order valence-electron chi connectivity index (χ0n) is 11.9. The van der Waals surface area contributed by atoms with Gasteiger partial charge in [0.1, 0.15) is 6.07 Å². The van der Waals surface area contributed by atoms with Crippen molar-refractivity contribution in [1.82, 2.24) is 5.32 Å². The van der Waals surface area contributed by atoms with E-state index in [1.165, 1.54) is 0 Å². The van der Waals surface area contributed by atoms with Crippen LogP contribution in [-0.2, 0) is 11.3 Å². The van der Waals surface area contributed by atoms with Gasteiger partial charge in [0, 0.05) is 6.54 Å². The van der Waals surface area contributed by atoms with Crippen molar-refractivity contribution in [2.75, 3.05) is 11.9 Å². The lowest BCUT2D eigenvalue weighted by Crippen LogP contribution is -2.29. The van der Waals surface area contributed by atoms with E-state index >= 15 is 0 Å². The molecule has 0 unspecified atom stereocenters. The molecule has 0 aliphatic carbocycles. The second kappa shape index (κ2) is 7.11. The zero-order valence-corrected chi connectivity index (χ0v) is 11.9. The third-order valence-corrected chi connectivity index (χ3v) is 3.16. The smallest absolute Gasteiger partial charge is 0.239 e. The number of anilines is 1. The first-order valence-electron chi connectivity index (χ1n) is 6.75. The third-order valence-electron chi connectivity index (χ3n) is 3.16. The van der Waals surface area contributed by atoms with Gasteiger partial charge in [-0.05, 0) is 24.1 Å². The second-order valence-electron chi connectivity index (χ2n) is 4.73. The fourth-order valence-electron chi connectivity index (χ4n) is 2.00. The van der Waals surface area contributed by atoms with Crippen molar-refractivity contribution in [3.05, 3.63) is 65.2 Å². The molecule has 21 heavy (non-hydrogen) atoms. The van der Waals surface area contributed by atoms with Crippen LogP contribution in [0.1, 0.15) is 16.7 Å². The number of nitrogens with zero attached hydrogens (tertiary/aromatic N) is 1. The van der Waals surface area contributed by atoms with Crippen molar-refractivity contribution in [2.45, 2.75) is 13.5 Å². The largest absolute Gasteiger partial charge is 0.375 e. The van der Waals surface area contributed by atoms with E-state index in [0.717, 1.165) is 11.1 Å². The van der Waals surface area contributed by atoms with E-state index in [9.17, 15) is 4.79 Å². The van der Waals surface area contributed by atoms with Crippen LogP contribution in [-0.4, -0.2) is 12.5 Å². The second-order valence-corrected chi connectivity index (χ2v) is 4.73. The van der Waals surface area contributed by atoms with Crippen molar-refractivity contribution < 1.29 is 4.79 Å². The topological polar surface area (TPSA) is 64.9 Å². The standard InChI is InChI=1S/C17H17N3O/c1-13-6-5-9-16(15(13)10-18)19-12-17(21)20-11-14-7-3-2-4-8-14/h2-9,19H,11-12H2,1H3,(H,20,21). The van der Waals surface area contributed by atoms with E-state index in [1.807, 2.05) is 49.4 Å². The first-order chi connectivity index (χ1) is 10.2. The lowest BCUT2D eigenvalue weighted by Gasteiger charge is -2.10. The van der Waals surface area contributed by atoms with Gasteiger partial charge in [0.05, 0.1) is 17.8 Å². The summed E-state index contributed by atoms with van der Waals surface area (Å²) < 4.78 is 0. The Hall–Kier alpha value is -2.80. The molecule has 0 aromatic heterocycles. The Morgan fingerprint density at radius 2 is 1.90 bits per heavy atom. The van der Waals surface area contributed by atoms with Gasteiger partial charge in [-0.15, -0.1) is 0 Å². The Balaban J connectivity index is 1.87. The summed E-state index contributed by atoms with van der Waals surface area (Å²) in [6, 6.07) is 17.4. The third kappa shape index (κ3) is 4.08. The Morgan fingerprint density at radius 1 is 1.14 bits per heavy atom. The van der Waals surface area contributed by atoms with Gasteiger partial charge in [-0.25, -0.2) is 0 Å². The lowest BCUT2D eigenvalue weighted by atomic mass is 10.1. The summed E-state index contributed by atoms with van der Waals surface area (Å²) in [5.41, 5.74) is 3.21. The average Bonchev–Trinajstić information content (AvgIpc) is 2.52. The maximum Gasteiger partial charge on any atom is 0.239 e. The molecular weight excluding hydrogens is 262 g/mol. The normalized spacial score (nSPS) is 9.71. The van der Waals surface area contributed by atoms with E-state index in [0.29, 0.717) is 17.8 Å². The van der Waals surface area contributed by atoms with Gasteiger partial charge in [0.2, 0.25) is 5.91 Å². The fraction of sp³-hybridized carbons (Fsp3) is 0.176. The average molecular weight is 279 g/mol. The number of hydrogen-bond donors (Lipinski definition) is 2. The van der Waals surface area contributed by atoms with Crippen LogP contribution in [0.15, 0.2) is 48.5 Å². The van der Waals surface area contributed by atoms with Gasteiger partial charge in [0.25, 0.3) is 0 Å². The van der Waals surface area contributed by atoms with Gasteiger partial charge in [-0.2, -0.15) is 5.26 Å². The molecule has 0 bridgehead atoms. The molecule has 0 saturated heterocycles. The van der Waals surface area contributed by atoms with Crippen molar-refractivity contribution in [2.24, 2.45) is 0 Å². The van der Waals surface area contributed by atoms with Crippen LogP contribution in [0.2, 0.25) is 0 Å². The van der Waals surface area contributed by atoms with Crippen LogP contribution in [0.25, 0.3) is 0 Å². The molecule has 106 valence electrons. The number of carbonyl (C=O) groups excluding carboxylic acids is 1. The number of benzene rings is 2. The van der Waals surface area contributed by atoms with Crippen LogP contribution in [0, 0.1) is 18.3 Å². The van der Waals surface area contributed by atoms with Gasteiger partial charge in [-0.1, -0.05) is 42.5 Å². The summed E-state index contributed by atoms with van der Waals surface area (Å²) in [7, 11) is 0. The molecule has 2 aromatic rings. The Bertz CT molecular complexity index is 659. The summed E-state index contributed by atoms with van der Waals surface area (Å²) in [6.07, 6.45) is 0. The number of aryl methyl sites for hydroxylation is 1. The molecule has 0 aliphatic heterocycles. The van der Waals surface area contributed by atoms with E-state index in [1.54, 1.807) is 6.07 Å². The predicted octanol–water partition coefficient (Wildman–Crippen LogP) is 2.60. The summed E-state index contributed by atoms with van der Waals surface area (Å²) in [5.74, 6) is -0.107. The molecule has 0 saturated carbocycles. The molecule has 2 rings (SSSR count). The van der Waals surface area contributed by atoms with Crippen molar-refractivity contribution in [3.63, 3.8) is 0 Å². The summed E-state index contributed by atoms with van der Waals surface area (Å²) in [5, 5.41) is 15.0. The maximum absolute atomic E-state index is 11.8. The van der Waals surface area contributed by atoms with Gasteiger partial charge >= 0.3 is 0 Å². The minimum atomic E-state index is -0.107. The van der Waals surface area contributed by atoms with E-state index in [2.05, 4.69) is 16.7 Å². The van der Waals surface area contributed by atoms with Gasteiger partial charge < -0.3 is 10.6 Å². The molecule has 4 heteroatoms. The quantitative estimate of drug-likeness (QED) is 0.884. The molecule has 2 N–H and O–H groups in total. The summed E-state index contributed by atoms with van der Waals surface area (Å²) in [6.45, 7) is 2.52. The molecule has 0 fully saturated rings.